The Morgan fingerprint density at radius 3 is 2.75 bits per heavy atom. The molecule has 1 aromatic heterocycles. The number of piperidine rings is 1. The third-order valence-corrected chi connectivity index (χ3v) is 3.37. The van der Waals surface area contributed by atoms with Gasteiger partial charge in [-0.1, -0.05) is 11.6 Å². The topological polar surface area (TPSA) is 33.2 Å². The third kappa shape index (κ3) is 2.53. The van der Waals surface area contributed by atoms with Gasteiger partial charge in [0.2, 0.25) is 5.91 Å². The summed E-state index contributed by atoms with van der Waals surface area (Å²) in [5.74, 6) is 0.683. The zero-order chi connectivity index (χ0) is 11.5. The lowest BCUT2D eigenvalue weighted by atomic mass is 9.90. The van der Waals surface area contributed by atoms with Gasteiger partial charge in [0.25, 0.3) is 0 Å². The minimum absolute atomic E-state index is 0.172. The highest BCUT2D eigenvalue weighted by Crippen LogP contribution is 2.28. The van der Waals surface area contributed by atoms with Crippen molar-refractivity contribution in [1.82, 2.24) is 9.88 Å². The standard InChI is InChI=1S/C12H15ClN2O/c1-9(16)15-6-3-10(4-7-15)11-2-5-14-12(13)8-11/h2,5,8,10H,3-4,6-7H2,1H3. The van der Waals surface area contributed by atoms with E-state index in [-0.39, 0.29) is 5.91 Å². The summed E-state index contributed by atoms with van der Waals surface area (Å²) >= 11 is 5.87. The Bertz CT molecular complexity index is 386. The normalized spacial score (nSPS) is 17.5. The van der Waals surface area contributed by atoms with Crippen LogP contribution < -0.4 is 0 Å². The summed E-state index contributed by atoms with van der Waals surface area (Å²) in [4.78, 5) is 17.1. The molecule has 1 aromatic rings. The summed E-state index contributed by atoms with van der Waals surface area (Å²) in [5.41, 5.74) is 1.24. The number of aromatic nitrogens is 1. The van der Waals surface area contributed by atoms with Gasteiger partial charge in [-0.2, -0.15) is 0 Å². The highest BCUT2D eigenvalue weighted by molar-refractivity contribution is 6.29. The van der Waals surface area contributed by atoms with Crippen molar-refractivity contribution >= 4 is 17.5 Å². The van der Waals surface area contributed by atoms with Crippen LogP contribution >= 0.6 is 11.6 Å². The van der Waals surface area contributed by atoms with Crippen LogP contribution in [0.15, 0.2) is 18.3 Å². The quantitative estimate of drug-likeness (QED) is 0.705. The smallest absolute Gasteiger partial charge is 0.219 e. The Balaban J connectivity index is 2.01. The molecule has 16 heavy (non-hydrogen) atoms. The van der Waals surface area contributed by atoms with Gasteiger partial charge in [-0.25, -0.2) is 4.98 Å². The predicted molar refractivity (Wildman–Crippen MR) is 63.5 cm³/mol. The summed E-state index contributed by atoms with van der Waals surface area (Å²) in [6.45, 7) is 3.32. The van der Waals surface area contributed by atoms with E-state index in [1.807, 2.05) is 17.0 Å². The zero-order valence-electron chi connectivity index (χ0n) is 9.32. The van der Waals surface area contributed by atoms with Gasteiger partial charge >= 0.3 is 0 Å². The van der Waals surface area contributed by atoms with Crippen LogP contribution in [-0.4, -0.2) is 28.9 Å². The number of pyridine rings is 1. The molecule has 1 aliphatic rings. The van der Waals surface area contributed by atoms with Gasteiger partial charge in [0.15, 0.2) is 0 Å². The summed E-state index contributed by atoms with van der Waals surface area (Å²) in [7, 11) is 0. The number of amides is 1. The van der Waals surface area contributed by atoms with Crippen molar-refractivity contribution < 1.29 is 4.79 Å². The molecule has 0 N–H and O–H groups in total. The Morgan fingerprint density at radius 2 is 2.19 bits per heavy atom. The fourth-order valence-electron chi connectivity index (χ4n) is 2.20. The van der Waals surface area contributed by atoms with Crippen molar-refractivity contribution in [3.63, 3.8) is 0 Å². The van der Waals surface area contributed by atoms with E-state index in [0.29, 0.717) is 11.1 Å². The van der Waals surface area contributed by atoms with Crippen LogP contribution in [0.4, 0.5) is 0 Å². The number of carbonyl (C=O) groups excluding carboxylic acids is 1. The fraction of sp³-hybridized carbons (Fsp3) is 0.500. The van der Waals surface area contributed by atoms with Crippen LogP contribution in [0.25, 0.3) is 0 Å². The van der Waals surface area contributed by atoms with Gasteiger partial charge in [-0.3, -0.25) is 4.79 Å². The highest BCUT2D eigenvalue weighted by atomic mass is 35.5. The van der Waals surface area contributed by atoms with Crippen LogP contribution in [0, 0.1) is 0 Å². The minimum atomic E-state index is 0.172. The summed E-state index contributed by atoms with van der Waals surface area (Å²) in [6, 6.07) is 3.94. The molecule has 0 saturated carbocycles. The Labute approximate surface area is 100 Å². The lowest BCUT2D eigenvalue weighted by Crippen LogP contribution is -2.36. The Morgan fingerprint density at radius 1 is 1.50 bits per heavy atom. The molecule has 1 aliphatic heterocycles. The number of hydrogen-bond donors (Lipinski definition) is 0. The maximum Gasteiger partial charge on any atom is 0.219 e. The van der Waals surface area contributed by atoms with E-state index >= 15 is 0 Å². The summed E-state index contributed by atoms with van der Waals surface area (Å²) < 4.78 is 0. The average Bonchev–Trinajstić information content (AvgIpc) is 2.29. The minimum Gasteiger partial charge on any atom is -0.343 e. The number of nitrogens with zero attached hydrogens (tertiary/aromatic N) is 2. The molecule has 0 atom stereocenters. The molecular formula is C12H15ClN2O. The molecule has 86 valence electrons. The van der Waals surface area contributed by atoms with Crippen LogP contribution in [0.5, 0.6) is 0 Å². The van der Waals surface area contributed by atoms with E-state index in [2.05, 4.69) is 4.98 Å². The predicted octanol–water partition coefficient (Wildman–Crippen LogP) is 2.46. The molecule has 0 spiro atoms. The monoisotopic (exact) mass is 238 g/mol. The molecule has 0 aromatic carbocycles. The molecule has 0 bridgehead atoms. The molecule has 4 heteroatoms. The van der Waals surface area contributed by atoms with Gasteiger partial charge in [0.05, 0.1) is 0 Å². The summed E-state index contributed by atoms with van der Waals surface area (Å²) in [6.07, 6.45) is 3.77. The van der Waals surface area contributed by atoms with E-state index in [1.54, 1.807) is 13.1 Å². The molecule has 0 unspecified atom stereocenters. The van der Waals surface area contributed by atoms with Crippen molar-refractivity contribution in [3.05, 3.63) is 29.0 Å². The maximum absolute atomic E-state index is 11.2. The molecule has 0 radical (unpaired) electrons. The van der Waals surface area contributed by atoms with Gasteiger partial charge in [0.1, 0.15) is 5.15 Å². The lowest BCUT2D eigenvalue weighted by Gasteiger charge is -2.31. The second-order valence-corrected chi connectivity index (χ2v) is 4.58. The van der Waals surface area contributed by atoms with Gasteiger partial charge in [-0.05, 0) is 36.5 Å². The van der Waals surface area contributed by atoms with Crippen molar-refractivity contribution in [2.24, 2.45) is 0 Å². The number of likely N-dealkylation sites (tertiary alicyclic amines) is 1. The second kappa shape index (κ2) is 4.83. The molecule has 2 heterocycles. The largest absolute Gasteiger partial charge is 0.343 e. The number of rotatable bonds is 1. The third-order valence-electron chi connectivity index (χ3n) is 3.16. The average molecular weight is 239 g/mol. The number of halogens is 1. The molecule has 1 amide bonds. The highest BCUT2D eigenvalue weighted by Gasteiger charge is 2.21. The van der Waals surface area contributed by atoms with E-state index in [0.717, 1.165) is 25.9 Å². The van der Waals surface area contributed by atoms with Gasteiger partial charge in [0, 0.05) is 26.2 Å². The molecule has 2 rings (SSSR count). The second-order valence-electron chi connectivity index (χ2n) is 4.19. The molecular weight excluding hydrogens is 224 g/mol. The molecule has 0 aliphatic carbocycles. The first-order valence-electron chi connectivity index (χ1n) is 5.54. The van der Waals surface area contributed by atoms with Crippen LogP contribution in [-0.2, 0) is 4.79 Å². The van der Waals surface area contributed by atoms with Crippen LogP contribution in [0.3, 0.4) is 0 Å². The lowest BCUT2D eigenvalue weighted by molar-refractivity contribution is -0.129. The first-order valence-corrected chi connectivity index (χ1v) is 5.91. The Kier molecular flexibility index (Phi) is 3.44. The van der Waals surface area contributed by atoms with Crippen molar-refractivity contribution in [3.8, 4) is 0 Å². The number of carbonyl (C=O) groups is 1. The Hall–Kier alpha value is -1.09. The van der Waals surface area contributed by atoms with Gasteiger partial charge < -0.3 is 4.90 Å². The molecule has 3 nitrogen and oxygen atoms in total. The summed E-state index contributed by atoms with van der Waals surface area (Å²) in [5, 5.41) is 0.548. The zero-order valence-corrected chi connectivity index (χ0v) is 10.1. The van der Waals surface area contributed by atoms with Crippen molar-refractivity contribution in [2.45, 2.75) is 25.7 Å². The van der Waals surface area contributed by atoms with Crippen LogP contribution in [0.1, 0.15) is 31.2 Å². The maximum atomic E-state index is 11.2. The first kappa shape index (κ1) is 11.4. The SMILES string of the molecule is CC(=O)N1CCC(c2ccnc(Cl)c2)CC1. The number of hydrogen-bond acceptors (Lipinski definition) is 2. The van der Waals surface area contributed by atoms with E-state index < -0.39 is 0 Å². The molecule has 1 saturated heterocycles. The first-order chi connectivity index (χ1) is 7.66. The van der Waals surface area contributed by atoms with E-state index in [9.17, 15) is 4.79 Å². The van der Waals surface area contributed by atoms with Gasteiger partial charge in [-0.15, -0.1) is 0 Å². The van der Waals surface area contributed by atoms with E-state index in [1.165, 1.54) is 5.56 Å². The van der Waals surface area contributed by atoms with Crippen LogP contribution in [0.2, 0.25) is 5.15 Å². The van der Waals surface area contributed by atoms with Crippen molar-refractivity contribution in [1.29, 1.82) is 0 Å². The molecule has 1 fully saturated rings. The van der Waals surface area contributed by atoms with Crippen molar-refractivity contribution in [2.75, 3.05) is 13.1 Å². The van der Waals surface area contributed by atoms with E-state index in [4.69, 9.17) is 11.6 Å². The fourth-order valence-corrected chi connectivity index (χ4v) is 2.38.